The van der Waals surface area contributed by atoms with Gasteiger partial charge in [0.25, 0.3) is 5.56 Å². The summed E-state index contributed by atoms with van der Waals surface area (Å²) < 4.78 is 7.04. The van der Waals surface area contributed by atoms with Crippen LogP contribution in [0.5, 0.6) is 0 Å². The molecule has 0 unspecified atom stereocenters. The van der Waals surface area contributed by atoms with Crippen molar-refractivity contribution in [2.45, 2.75) is 45.7 Å². The zero-order chi connectivity index (χ0) is 20.6. The van der Waals surface area contributed by atoms with Crippen LogP contribution in [0, 0.1) is 0 Å². The minimum absolute atomic E-state index is 0.0512. The van der Waals surface area contributed by atoms with E-state index in [-0.39, 0.29) is 17.6 Å². The van der Waals surface area contributed by atoms with E-state index in [1.165, 1.54) is 0 Å². The number of hydrogen-bond donors (Lipinski definition) is 2. The zero-order valence-electron chi connectivity index (χ0n) is 17.3. The molecule has 0 spiro atoms. The van der Waals surface area contributed by atoms with Gasteiger partial charge in [0, 0.05) is 45.4 Å². The number of hydrogen-bond acceptors (Lipinski definition) is 5. The summed E-state index contributed by atoms with van der Waals surface area (Å²) in [6.45, 7) is 7.87. The number of piperidine rings is 1. The average Bonchev–Trinajstić information content (AvgIpc) is 2.74. The fourth-order valence-corrected chi connectivity index (χ4v) is 3.69. The molecule has 0 saturated carbocycles. The summed E-state index contributed by atoms with van der Waals surface area (Å²) >= 11 is 0. The normalized spacial score (nSPS) is 14.9. The Morgan fingerprint density at radius 2 is 2.00 bits per heavy atom. The first-order valence-corrected chi connectivity index (χ1v) is 10.5. The number of benzene rings is 1. The Bertz CT molecular complexity index is 874. The molecule has 2 amide bonds. The van der Waals surface area contributed by atoms with E-state index in [4.69, 9.17) is 4.74 Å². The van der Waals surface area contributed by atoms with Crippen LogP contribution in [-0.2, 0) is 11.3 Å². The quantitative estimate of drug-likeness (QED) is 0.662. The molecule has 1 aromatic carbocycles. The topological polar surface area (TPSA) is 88.5 Å². The smallest absolute Gasteiger partial charge is 0.315 e. The van der Waals surface area contributed by atoms with Gasteiger partial charge in [-0.15, -0.1) is 0 Å². The molecule has 1 saturated heterocycles. The van der Waals surface area contributed by atoms with Crippen LogP contribution in [0.2, 0.25) is 0 Å². The van der Waals surface area contributed by atoms with E-state index in [1.54, 1.807) is 4.57 Å². The van der Waals surface area contributed by atoms with Crippen LogP contribution in [0.1, 0.15) is 33.1 Å². The van der Waals surface area contributed by atoms with Crippen molar-refractivity contribution in [2.75, 3.05) is 37.7 Å². The standard InChI is InChI=1S/C21H31N5O3/c1-3-26-18-9-6-5-8-17(18)24-19(20(26)27)25-13-10-16(11-14-25)23-21(28)22-12-7-15-29-4-2/h5-6,8-9,16H,3-4,7,10-15H2,1-2H3,(H2,22,23,28). The number of rotatable bonds is 8. The zero-order valence-corrected chi connectivity index (χ0v) is 17.3. The van der Waals surface area contributed by atoms with Gasteiger partial charge in [-0.2, -0.15) is 0 Å². The van der Waals surface area contributed by atoms with E-state index < -0.39 is 0 Å². The third kappa shape index (κ3) is 5.26. The van der Waals surface area contributed by atoms with Crippen molar-refractivity contribution in [1.29, 1.82) is 0 Å². The van der Waals surface area contributed by atoms with Crippen molar-refractivity contribution in [3.05, 3.63) is 34.6 Å². The molecule has 29 heavy (non-hydrogen) atoms. The lowest BCUT2D eigenvalue weighted by molar-refractivity contribution is 0.145. The van der Waals surface area contributed by atoms with Crippen molar-refractivity contribution in [2.24, 2.45) is 0 Å². The van der Waals surface area contributed by atoms with Gasteiger partial charge >= 0.3 is 6.03 Å². The maximum absolute atomic E-state index is 12.9. The molecule has 8 nitrogen and oxygen atoms in total. The van der Waals surface area contributed by atoms with E-state index in [0.717, 1.165) is 30.3 Å². The fraction of sp³-hybridized carbons (Fsp3) is 0.571. The highest BCUT2D eigenvalue weighted by molar-refractivity contribution is 5.76. The van der Waals surface area contributed by atoms with Crippen molar-refractivity contribution >= 4 is 22.9 Å². The molecule has 0 atom stereocenters. The van der Waals surface area contributed by atoms with Gasteiger partial charge in [0.2, 0.25) is 0 Å². The monoisotopic (exact) mass is 401 g/mol. The molecule has 1 aliphatic heterocycles. The van der Waals surface area contributed by atoms with Gasteiger partial charge < -0.3 is 24.8 Å². The van der Waals surface area contributed by atoms with E-state index in [0.29, 0.717) is 45.2 Å². The Hall–Kier alpha value is -2.61. The number of nitrogens with one attached hydrogen (secondary N) is 2. The third-order valence-electron chi connectivity index (χ3n) is 5.24. The molecular formula is C21H31N5O3. The second-order valence-corrected chi connectivity index (χ2v) is 7.19. The molecule has 1 aromatic heterocycles. The molecule has 3 rings (SSSR count). The number of anilines is 1. The molecule has 0 bridgehead atoms. The summed E-state index contributed by atoms with van der Waals surface area (Å²) in [5.74, 6) is 0.504. The van der Waals surface area contributed by atoms with Gasteiger partial charge in [-0.05, 0) is 45.2 Å². The second kappa shape index (κ2) is 10.2. The number of amides is 2. The van der Waals surface area contributed by atoms with Gasteiger partial charge in [0.15, 0.2) is 5.82 Å². The summed E-state index contributed by atoms with van der Waals surface area (Å²) in [4.78, 5) is 31.7. The van der Waals surface area contributed by atoms with Crippen molar-refractivity contribution < 1.29 is 9.53 Å². The van der Waals surface area contributed by atoms with Crippen LogP contribution in [0.25, 0.3) is 11.0 Å². The molecule has 2 N–H and O–H groups in total. The SMILES string of the molecule is CCOCCCNC(=O)NC1CCN(c2nc3ccccc3n(CC)c2=O)CC1. The van der Waals surface area contributed by atoms with Gasteiger partial charge in [-0.1, -0.05) is 12.1 Å². The maximum Gasteiger partial charge on any atom is 0.315 e. The minimum atomic E-state index is -0.142. The Balaban J connectivity index is 1.56. The van der Waals surface area contributed by atoms with E-state index in [9.17, 15) is 9.59 Å². The number of aryl methyl sites for hydroxylation is 1. The van der Waals surface area contributed by atoms with Crippen LogP contribution in [-0.4, -0.2) is 54.5 Å². The Morgan fingerprint density at radius 3 is 2.72 bits per heavy atom. The van der Waals surface area contributed by atoms with Gasteiger partial charge in [-0.25, -0.2) is 9.78 Å². The fourth-order valence-electron chi connectivity index (χ4n) is 3.69. The van der Waals surface area contributed by atoms with E-state index in [1.807, 2.05) is 43.0 Å². The van der Waals surface area contributed by atoms with Crippen LogP contribution in [0.4, 0.5) is 10.6 Å². The van der Waals surface area contributed by atoms with Crippen molar-refractivity contribution in [3.8, 4) is 0 Å². The Morgan fingerprint density at radius 1 is 1.24 bits per heavy atom. The number of ether oxygens (including phenoxy) is 1. The summed E-state index contributed by atoms with van der Waals surface area (Å²) in [5, 5.41) is 5.89. The lowest BCUT2D eigenvalue weighted by Crippen LogP contribution is -2.49. The number of nitrogens with zero attached hydrogens (tertiary/aromatic N) is 3. The lowest BCUT2D eigenvalue weighted by atomic mass is 10.1. The Labute approximate surface area is 171 Å². The van der Waals surface area contributed by atoms with Crippen LogP contribution < -0.4 is 21.1 Å². The molecule has 1 fully saturated rings. The number of carbonyl (C=O) groups excluding carboxylic acids is 1. The second-order valence-electron chi connectivity index (χ2n) is 7.19. The summed E-state index contributed by atoms with van der Waals surface area (Å²) in [5.41, 5.74) is 1.64. The van der Waals surface area contributed by atoms with Crippen LogP contribution >= 0.6 is 0 Å². The number of aromatic nitrogens is 2. The van der Waals surface area contributed by atoms with E-state index in [2.05, 4.69) is 15.6 Å². The summed E-state index contributed by atoms with van der Waals surface area (Å²) in [7, 11) is 0. The van der Waals surface area contributed by atoms with Crippen molar-refractivity contribution in [1.82, 2.24) is 20.2 Å². The molecule has 0 radical (unpaired) electrons. The molecular weight excluding hydrogens is 370 g/mol. The largest absolute Gasteiger partial charge is 0.382 e. The molecule has 1 aliphatic rings. The number of carbonyl (C=O) groups is 1. The number of fused-ring (bicyclic) bond motifs is 1. The Kier molecular flexibility index (Phi) is 7.46. The highest BCUT2D eigenvalue weighted by Gasteiger charge is 2.24. The first kappa shape index (κ1) is 21.1. The molecule has 2 aromatic rings. The highest BCUT2D eigenvalue weighted by atomic mass is 16.5. The summed E-state index contributed by atoms with van der Waals surface area (Å²) in [6, 6.07) is 7.69. The van der Waals surface area contributed by atoms with Gasteiger partial charge in [0.1, 0.15) is 0 Å². The molecule has 158 valence electrons. The van der Waals surface area contributed by atoms with Gasteiger partial charge in [0.05, 0.1) is 11.0 Å². The van der Waals surface area contributed by atoms with Crippen LogP contribution in [0.15, 0.2) is 29.1 Å². The maximum atomic E-state index is 12.9. The minimum Gasteiger partial charge on any atom is -0.382 e. The first-order chi connectivity index (χ1) is 14.1. The predicted molar refractivity (Wildman–Crippen MR) is 115 cm³/mol. The van der Waals surface area contributed by atoms with Crippen molar-refractivity contribution in [3.63, 3.8) is 0 Å². The lowest BCUT2D eigenvalue weighted by Gasteiger charge is -2.33. The third-order valence-corrected chi connectivity index (χ3v) is 5.24. The molecule has 8 heteroatoms. The van der Waals surface area contributed by atoms with Crippen LogP contribution in [0.3, 0.4) is 0 Å². The molecule has 2 heterocycles. The number of para-hydroxylation sites is 2. The van der Waals surface area contributed by atoms with Gasteiger partial charge in [-0.3, -0.25) is 4.79 Å². The molecule has 0 aliphatic carbocycles. The van der Waals surface area contributed by atoms with E-state index >= 15 is 0 Å². The first-order valence-electron chi connectivity index (χ1n) is 10.5. The summed E-state index contributed by atoms with van der Waals surface area (Å²) in [6.07, 6.45) is 2.37. The number of urea groups is 1. The highest BCUT2D eigenvalue weighted by Crippen LogP contribution is 2.18. The predicted octanol–water partition coefficient (Wildman–Crippen LogP) is 2.11. The average molecular weight is 402 g/mol.